The molecule has 38 heavy (non-hydrogen) atoms. The molecule has 0 bridgehead atoms. The molecule has 1 N–H and O–H groups in total. The maximum absolute atomic E-state index is 11.9. The van der Waals surface area contributed by atoms with E-state index in [4.69, 9.17) is 0 Å². The van der Waals surface area contributed by atoms with Crippen molar-refractivity contribution in [3.63, 3.8) is 0 Å². The number of ether oxygens (including phenoxy) is 2. The number of methoxy groups -OCH3 is 2. The molecular weight excluding hydrogens is 498 g/mol. The molecule has 2 aromatic carbocycles. The molecule has 196 valence electrons. The van der Waals surface area contributed by atoms with Crippen molar-refractivity contribution in [3.8, 4) is 12.1 Å². The number of azo groups is 1. The van der Waals surface area contributed by atoms with Gasteiger partial charge in [-0.05, 0) is 18.2 Å². The number of nitriles is 2. The van der Waals surface area contributed by atoms with Crippen molar-refractivity contribution in [2.45, 2.75) is 19.8 Å². The molecule has 0 fully saturated rings. The third-order valence-corrected chi connectivity index (χ3v) is 5.09. The van der Waals surface area contributed by atoms with Crippen LogP contribution < -0.4 is 10.2 Å². The molecule has 0 radical (unpaired) electrons. The van der Waals surface area contributed by atoms with Crippen LogP contribution in [0.2, 0.25) is 0 Å². The summed E-state index contributed by atoms with van der Waals surface area (Å²) in [6, 6.07) is 10.2. The number of carbonyl (C=O) groups excluding carboxylic acids is 3. The highest BCUT2D eigenvalue weighted by Crippen LogP contribution is 2.34. The van der Waals surface area contributed by atoms with Gasteiger partial charge in [0, 0.05) is 37.8 Å². The van der Waals surface area contributed by atoms with E-state index in [0.29, 0.717) is 5.69 Å². The summed E-state index contributed by atoms with van der Waals surface area (Å²) in [7, 11) is 2.52. The van der Waals surface area contributed by atoms with Crippen LogP contribution >= 0.6 is 0 Å². The smallest absolute Gasteiger partial charge is 0.307 e. The van der Waals surface area contributed by atoms with Crippen molar-refractivity contribution in [1.82, 2.24) is 0 Å². The van der Waals surface area contributed by atoms with Crippen molar-refractivity contribution in [2.24, 2.45) is 10.2 Å². The Morgan fingerprint density at radius 1 is 1.00 bits per heavy atom. The lowest BCUT2D eigenvalue weighted by molar-refractivity contribution is -0.384. The summed E-state index contributed by atoms with van der Waals surface area (Å²) in [4.78, 5) is 47.3. The minimum Gasteiger partial charge on any atom is -0.469 e. The number of benzene rings is 2. The minimum absolute atomic E-state index is 0.0304. The number of hydrogen-bond acceptors (Lipinski definition) is 12. The van der Waals surface area contributed by atoms with Gasteiger partial charge < -0.3 is 19.7 Å². The van der Waals surface area contributed by atoms with Gasteiger partial charge in [0.2, 0.25) is 5.91 Å². The summed E-state index contributed by atoms with van der Waals surface area (Å²) in [6.07, 6.45) is 0.0608. The Morgan fingerprint density at radius 2 is 1.55 bits per heavy atom. The van der Waals surface area contributed by atoms with Crippen molar-refractivity contribution in [1.29, 1.82) is 10.5 Å². The minimum atomic E-state index is -0.734. The number of nitrogens with zero attached hydrogens (tertiary/aromatic N) is 6. The van der Waals surface area contributed by atoms with Crippen LogP contribution in [0.1, 0.15) is 30.9 Å². The first-order valence-electron chi connectivity index (χ1n) is 11.0. The molecule has 0 saturated carbocycles. The van der Waals surface area contributed by atoms with Gasteiger partial charge in [-0.25, -0.2) is 0 Å². The molecule has 0 saturated heterocycles. The zero-order valence-electron chi connectivity index (χ0n) is 20.8. The highest BCUT2D eigenvalue weighted by atomic mass is 16.6. The predicted molar refractivity (Wildman–Crippen MR) is 133 cm³/mol. The Kier molecular flexibility index (Phi) is 10.4. The predicted octanol–water partition coefficient (Wildman–Crippen LogP) is 3.64. The largest absolute Gasteiger partial charge is 0.469 e. The Hall–Kier alpha value is -5.37. The van der Waals surface area contributed by atoms with E-state index in [1.807, 2.05) is 0 Å². The van der Waals surface area contributed by atoms with Crippen molar-refractivity contribution < 1.29 is 28.8 Å². The van der Waals surface area contributed by atoms with Crippen LogP contribution in [0, 0.1) is 32.8 Å². The van der Waals surface area contributed by atoms with Gasteiger partial charge in [0.25, 0.3) is 5.69 Å². The van der Waals surface area contributed by atoms with Gasteiger partial charge in [-0.2, -0.15) is 10.5 Å². The van der Waals surface area contributed by atoms with Crippen LogP contribution in [-0.4, -0.2) is 50.1 Å². The number of nitrogens with one attached hydrogen (secondary N) is 1. The number of amides is 1. The topological polar surface area (TPSA) is 200 Å². The average molecular weight is 521 g/mol. The number of hydrogen-bond donors (Lipinski definition) is 1. The van der Waals surface area contributed by atoms with Crippen LogP contribution in [0.25, 0.3) is 0 Å². The summed E-state index contributed by atoms with van der Waals surface area (Å²) >= 11 is 0. The Labute approximate surface area is 217 Å². The van der Waals surface area contributed by atoms with E-state index >= 15 is 0 Å². The van der Waals surface area contributed by atoms with Crippen LogP contribution in [0.3, 0.4) is 0 Å². The number of non-ortho nitro benzene ring substituents is 1. The van der Waals surface area contributed by atoms with E-state index < -0.39 is 28.5 Å². The Morgan fingerprint density at radius 3 is 2.00 bits per heavy atom. The summed E-state index contributed by atoms with van der Waals surface area (Å²) in [5.74, 6) is -1.34. The molecule has 0 heterocycles. The fraction of sp³-hybridized carbons (Fsp3) is 0.292. The molecule has 0 aromatic heterocycles. The normalized spacial score (nSPS) is 10.2. The SMILES string of the molecule is COC(=O)CCN(CCC(=O)OC)c1ccc(N=Nc2c(C#N)cc([N+](=O)[O-])cc2C#N)c(NC(C)=O)c1. The molecule has 0 aliphatic rings. The molecule has 14 heteroatoms. The molecule has 14 nitrogen and oxygen atoms in total. The van der Waals surface area contributed by atoms with Crippen molar-refractivity contribution >= 4 is 46.3 Å². The lowest BCUT2D eigenvalue weighted by atomic mass is 10.1. The lowest BCUT2D eigenvalue weighted by Gasteiger charge is -2.25. The van der Waals surface area contributed by atoms with Crippen molar-refractivity contribution in [3.05, 3.63) is 51.6 Å². The monoisotopic (exact) mass is 521 g/mol. The summed E-state index contributed by atoms with van der Waals surface area (Å²) in [6.45, 7) is 1.67. The maximum Gasteiger partial charge on any atom is 0.307 e. The Balaban J connectivity index is 2.51. The summed E-state index contributed by atoms with van der Waals surface area (Å²) < 4.78 is 9.37. The van der Waals surface area contributed by atoms with Gasteiger partial charge in [0.15, 0.2) is 0 Å². The van der Waals surface area contributed by atoms with Crippen LogP contribution in [0.4, 0.5) is 28.4 Å². The van der Waals surface area contributed by atoms with Gasteiger partial charge in [-0.3, -0.25) is 24.5 Å². The quantitative estimate of drug-likeness (QED) is 0.197. The number of nitro groups is 1. The van der Waals surface area contributed by atoms with E-state index in [9.17, 15) is 35.0 Å². The second-order valence-corrected chi connectivity index (χ2v) is 7.59. The molecule has 1 amide bonds. The van der Waals surface area contributed by atoms with Crippen LogP contribution in [0.5, 0.6) is 0 Å². The highest BCUT2D eigenvalue weighted by Gasteiger charge is 2.18. The van der Waals surface area contributed by atoms with Crippen molar-refractivity contribution in [2.75, 3.05) is 37.5 Å². The molecule has 0 atom stereocenters. The van der Waals surface area contributed by atoms with Gasteiger partial charge in [-0.15, -0.1) is 10.2 Å². The van der Waals surface area contributed by atoms with Gasteiger partial charge >= 0.3 is 11.9 Å². The van der Waals surface area contributed by atoms with Gasteiger partial charge in [0.05, 0.1) is 48.8 Å². The lowest BCUT2D eigenvalue weighted by Crippen LogP contribution is -2.29. The zero-order valence-corrected chi connectivity index (χ0v) is 20.8. The molecule has 2 rings (SSSR count). The molecular formula is C24H23N7O7. The number of nitro benzene ring substituents is 1. The standard InChI is InChI=1S/C24H23N7O7/c1-15(32)27-21-12-18(30(8-6-22(33)37-2)9-7-23(34)38-3)4-5-20(21)28-29-24-16(13-25)10-19(31(35)36)11-17(24)14-26/h4-5,10-12H,6-9H2,1-3H3,(H,27,32). The van der Waals surface area contributed by atoms with E-state index in [1.54, 1.807) is 29.2 Å². The fourth-order valence-corrected chi connectivity index (χ4v) is 3.23. The zero-order chi connectivity index (χ0) is 28.2. The van der Waals surface area contributed by atoms with Crippen LogP contribution in [-0.2, 0) is 23.9 Å². The highest BCUT2D eigenvalue weighted by molar-refractivity contribution is 5.93. The molecule has 0 spiro atoms. The summed E-state index contributed by atoms with van der Waals surface area (Å²) in [5.41, 5.74) is -0.181. The van der Waals surface area contributed by atoms with E-state index in [1.165, 1.54) is 27.2 Å². The summed E-state index contributed by atoms with van der Waals surface area (Å²) in [5, 5.41) is 40.6. The third-order valence-electron chi connectivity index (χ3n) is 5.09. The van der Waals surface area contributed by atoms with Gasteiger partial charge in [-0.1, -0.05) is 0 Å². The molecule has 0 aliphatic carbocycles. The second kappa shape index (κ2) is 13.6. The molecule has 0 aliphatic heterocycles. The first-order chi connectivity index (χ1) is 18.1. The number of anilines is 2. The average Bonchev–Trinajstić information content (AvgIpc) is 2.90. The molecule has 0 unspecified atom stereocenters. The Bertz CT molecular complexity index is 1300. The number of esters is 2. The first-order valence-corrected chi connectivity index (χ1v) is 11.0. The third kappa shape index (κ3) is 7.82. The van der Waals surface area contributed by atoms with Crippen LogP contribution in [0.15, 0.2) is 40.6 Å². The molecule has 2 aromatic rings. The maximum atomic E-state index is 11.9. The van der Waals surface area contributed by atoms with E-state index in [2.05, 4.69) is 25.0 Å². The first kappa shape index (κ1) is 28.9. The fourth-order valence-electron chi connectivity index (χ4n) is 3.23. The van der Waals surface area contributed by atoms with E-state index in [0.717, 1.165) is 12.1 Å². The number of rotatable bonds is 11. The van der Waals surface area contributed by atoms with E-state index in [-0.39, 0.29) is 54.1 Å². The van der Waals surface area contributed by atoms with Gasteiger partial charge in [0.1, 0.15) is 23.5 Å². The number of carbonyl (C=O) groups is 3. The second-order valence-electron chi connectivity index (χ2n) is 7.59.